The summed E-state index contributed by atoms with van der Waals surface area (Å²) in [5, 5.41) is 13.6. The molecular formula is C57H32N4O2. The van der Waals surface area contributed by atoms with E-state index in [0.717, 1.165) is 98.8 Å². The van der Waals surface area contributed by atoms with Gasteiger partial charge in [0, 0.05) is 54.9 Å². The third-order valence-corrected chi connectivity index (χ3v) is 12.8. The Hall–Kier alpha value is -8.61. The standard InChI is InChI=1S/C57H32N4O2/c1-2-13-34-28-37(25-24-33(34)12-1)55-58-56(60-57(59-55)45-21-11-20-43-41-18-8-10-23-50(41)63-54(43)45)38-26-27-44-51(31-38)62-52-32-49(39-16-5-6-19-42(39)53(44)52)61-47-22-9-7-17-40(47)46-29-35-14-3-4-15-36(35)30-48(46)61/h1-32H. The highest BCUT2D eigenvalue weighted by atomic mass is 16.3. The average Bonchev–Trinajstić information content (AvgIpc) is 4.02. The fourth-order valence-electron chi connectivity index (χ4n) is 9.87. The molecule has 0 unspecified atom stereocenters. The van der Waals surface area contributed by atoms with Gasteiger partial charge >= 0.3 is 0 Å². The molecule has 14 aromatic rings. The summed E-state index contributed by atoms with van der Waals surface area (Å²) < 4.78 is 15.8. The molecule has 6 heteroatoms. The summed E-state index contributed by atoms with van der Waals surface area (Å²) in [5.74, 6) is 1.65. The molecule has 6 nitrogen and oxygen atoms in total. The van der Waals surface area contributed by atoms with Crippen LogP contribution < -0.4 is 0 Å². The highest BCUT2D eigenvalue weighted by molar-refractivity contribution is 6.22. The van der Waals surface area contributed by atoms with E-state index < -0.39 is 0 Å². The highest BCUT2D eigenvalue weighted by Crippen LogP contribution is 2.43. The average molecular weight is 805 g/mol. The Balaban J connectivity index is 0.988. The zero-order chi connectivity index (χ0) is 41.2. The lowest BCUT2D eigenvalue weighted by Crippen LogP contribution is -2.00. The van der Waals surface area contributed by atoms with Crippen LogP contribution in [0, 0.1) is 0 Å². The van der Waals surface area contributed by atoms with E-state index in [9.17, 15) is 0 Å². The van der Waals surface area contributed by atoms with E-state index in [1.807, 2.05) is 30.3 Å². The molecule has 0 atom stereocenters. The van der Waals surface area contributed by atoms with E-state index in [4.69, 9.17) is 23.8 Å². The van der Waals surface area contributed by atoms with E-state index in [1.54, 1.807) is 0 Å². The Morgan fingerprint density at radius 1 is 0.333 bits per heavy atom. The molecule has 292 valence electrons. The molecular weight excluding hydrogens is 773 g/mol. The molecule has 63 heavy (non-hydrogen) atoms. The van der Waals surface area contributed by atoms with Crippen LogP contribution in [-0.4, -0.2) is 19.5 Å². The summed E-state index contributed by atoms with van der Waals surface area (Å²) in [6.45, 7) is 0. The number of para-hydroxylation sites is 3. The van der Waals surface area contributed by atoms with Gasteiger partial charge in [-0.15, -0.1) is 0 Å². The Kier molecular flexibility index (Phi) is 7.02. The summed E-state index contributed by atoms with van der Waals surface area (Å²) in [7, 11) is 0. The Morgan fingerprint density at radius 3 is 1.81 bits per heavy atom. The molecule has 0 aliphatic carbocycles. The molecule has 4 heterocycles. The number of benzene rings is 10. The monoisotopic (exact) mass is 804 g/mol. The van der Waals surface area contributed by atoms with Crippen molar-refractivity contribution in [1.29, 1.82) is 0 Å². The lowest BCUT2D eigenvalue weighted by Gasteiger charge is -2.13. The Morgan fingerprint density at radius 2 is 0.968 bits per heavy atom. The largest absolute Gasteiger partial charge is 0.456 e. The van der Waals surface area contributed by atoms with E-state index in [1.165, 1.54) is 21.5 Å². The van der Waals surface area contributed by atoms with Crippen LogP contribution in [0.4, 0.5) is 0 Å². The summed E-state index contributed by atoms with van der Waals surface area (Å²) in [6, 6.07) is 68.1. The van der Waals surface area contributed by atoms with Crippen LogP contribution in [0.2, 0.25) is 0 Å². The van der Waals surface area contributed by atoms with Gasteiger partial charge < -0.3 is 13.4 Å². The molecule has 0 spiro atoms. The SMILES string of the molecule is c1ccc2cc(-c3nc(-c4ccc5c(c4)oc4cc(-n6c7ccccc7c7cc8ccccc8cc76)c6ccccc6c45)nc(-c4cccc5c4oc4ccccc45)n3)ccc2c1. The lowest BCUT2D eigenvalue weighted by molar-refractivity contribution is 0.668. The van der Waals surface area contributed by atoms with E-state index in [0.29, 0.717) is 17.5 Å². The van der Waals surface area contributed by atoms with Gasteiger partial charge in [-0.2, -0.15) is 0 Å². The second kappa shape index (κ2) is 12.9. The van der Waals surface area contributed by atoms with E-state index >= 15 is 0 Å². The van der Waals surface area contributed by atoms with Crippen molar-refractivity contribution in [3.63, 3.8) is 0 Å². The maximum atomic E-state index is 6.93. The van der Waals surface area contributed by atoms with Crippen molar-refractivity contribution in [2.24, 2.45) is 0 Å². The van der Waals surface area contributed by atoms with Crippen LogP contribution in [0.5, 0.6) is 0 Å². The van der Waals surface area contributed by atoms with Crippen molar-refractivity contribution in [1.82, 2.24) is 19.5 Å². The number of rotatable bonds is 4. The number of nitrogens with zero attached hydrogens (tertiary/aromatic N) is 4. The van der Waals surface area contributed by atoms with Crippen LogP contribution in [0.25, 0.3) is 138 Å². The minimum absolute atomic E-state index is 0.534. The molecule has 0 saturated carbocycles. The predicted molar refractivity (Wildman–Crippen MR) is 258 cm³/mol. The predicted octanol–water partition coefficient (Wildman–Crippen LogP) is 15.2. The first-order valence-electron chi connectivity index (χ1n) is 21.2. The van der Waals surface area contributed by atoms with Crippen molar-refractivity contribution < 1.29 is 8.83 Å². The van der Waals surface area contributed by atoms with Crippen LogP contribution in [0.3, 0.4) is 0 Å². The van der Waals surface area contributed by atoms with Crippen LogP contribution in [-0.2, 0) is 0 Å². The van der Waals surface area contributed by atoms with Gasteiger partial charge in [0.2, 0.25) is 0 Å². The van der Waals surface area contributed by atoms with E-state index in [2.05, 4.69) is 168 Å². The molecule has 0 saturated heterocycles. The summed E-state index contributed by atoms with van der Waals surface area (Å²) >= 11 is 0. The quantitative estimate of drug-likeness (QED) is 0.177. The third-order valence-electron chi connectivity index (χ3n) is 12.8. The second-order valence-electron chi connectivity index (χ2n) is 16.3. The van der Waals surface area contributed by atoms with Gasteiger partial charge in [-0.3, -0.25) is 0 Å². The molecule has 0 aliphatic rings. The molecule has 0 aliphatic heterocycles. The van der Waals surface area contributed by atoms with E-state index in [-0.39, 0.29) is 0 Å². The Bertz CT molecular complexity index is 4230. The maximum absolute atomic E-state index is 6.93. The van der Waals surface area contributed by atoms with Crippen molar-refractivity contribution in [3.8, 4) is 39.9 Å². The van der Waals surface area contributed by atoms with Crippen LogP contribution >= 0.6 is 0 Å². The van der Waals surface area contributed by atoms with Crippen molar-refractivity contribution >= 4 is 98.0 Å². The van der Waals surface area contributed by atoms with Gasteiger partial charge in [0.25, 0.3) is 0 Å². The Labute approximate surface area is 358 Å². The third kappa shape index (κ3) is 5.09. The van der Waals surface area contributed by atoms with Gasteiger partial charge in [0.15, 0.2) is 17.5 Å². The minimum Gasteiger partial charge on any atom is -0.456 e. The van der Waals surface area contributed by atoms with Gasteiger partial charge in [0.1, 0.15) is 22.3 Å². The van der Waals surface area contributed by atoms with Gasteiger partial charge in [-0.05, 0) is 75.5 Å². The summed E-state index contributed by atoms with van der Waals surface area (Å²) in [4.78, 5) is 15.5. The number of hydrogen-bond donors (Lipinski definition) is 0. The molecule has 0 bridgehead atoms. The zero-order valence-electron chi connectivity index (χ0n) is 33.6. The van der Waals surface area contributed by atoms with Gasteiger partial charge in [-0.1, -0.05) is 140 Å². The lowest BCUT2D eigenvalue weighted by atomic mass is 10.0. The number of furan rings is 2. The molecule has 0 amide bonds. The normalized spacial score (nSPS) is 12.1. The van der Waals surface area contributed by atoms with Gasteiger partial charge in [0.05, 0.1) is 22.3 Å². The topological polar surface area (TPSA) is 69.9 Å². The minimum atomic E-state index is 0.534. The van der Waals surface area contributed by atoms with Crippen LogP contribution in [0.1, 0.15) is 0 Å². The highest BCUT2D eigenvalue weighted by Gasteiger charge is 2.22. The van der Waals surface area contributed by atoms with Crippen LogP contribution in [0.15, 0.2) is 203 Å². The van der Waals surface area contributed by atoms with Crippen molar-refractivity contribution in [3.05, 3.63) is 194 Å². The summed E-state index contributed by atoms with van der Waals surface area (Å²) in [6.07, 6.45) is 0. The zero-order valence-corrected chi connectivity index (χ0v) is 33.6. The van der Waals surface area contributed by atoms with Crippen molar-refractivity contribution in [2.45, 2.75) is 0 Å². The van der Waals surface area contributed by atoms with Gasteiger partial charge in [-0.25, -0.2) is 15.0 Å². The number of aromatic nitrogens is 4. The fourth-order valence-corrected chi connectivity index (χ4v) is 9.87. The molecule has 4 aromatic heterocycles. The number of hydrogen-bond acceptors (Lipinski definition) is 5. The first-order valence-corrected chi connectivity index (χ1v) is 21.2. The second-order valence-corrected chi connectivity index (χ2v) is 16.3. The molecule has 0 N–H and O–H groups in total. The fraction of sp³-hybridized carbons (Fsp3) is 0. The maximum Gasteiger partial charge on any atom is 0.167 e. The first-order chi connectivity index (χ1) is 31.2. The molecule has 10 aromatic carbocycles. The van der Waals surface area contributed by atoms with Crippen molar-refractivity contribution in [2.75, 3.05) is 0 Å². The first kappa shape index (κ1) is 34.1. The summed E-state index contributed by atoms with van der Waals surface area (Å²) in [5.41, 5.74) is 9.03. The molecule has 0 fully saturated rings. The molecule has 0 radical (unpaired) electrons. The molecule has 14 rings (SSSR count). The smallest absolute Gasteiger partial charge is 0.167 e. The number of fused-ring (bicyclic) bond motifs is 13.